The van der Waals surface area contributed by atoms with E-state index in [-0.39, 0.29) is 25.2 Å². The van der Waals surface area contributed by atoms with Crippen molar-refractivity contribution in [1.29, 1.82) is 0 Å². The number of carbonyl (C=O) groups excluding carboxylic acids is 3. The van der Waals surface area contributed by atoms with Gasteiger partial charge >= 0.3 is 0 Å². The average Bonchev–Trinajstić information content (AvgIpc) is 2.98. The Morgan fingerprint density at radius 2 is 1.51 bits per heavy atom. The van der Waals surface area contributed by atoms with Gasteiger partial charge in [0.15, 0.2) is 9.84 Å². The molecule has 0 aliphatic heterocycles. The quantitative estimate of drug-likeness (QED) is 0.0983. The first-order valence-corrected chi connectivity index (χ1v) is 16.5. The second kappa shape index (κ2) is 17.9. The number of nitrogens with two attached hydrogens (primary N) is 1. The third-order valence-corrected chi connectivity index (χ3v) is 7.42. The normalized spacial score (nSPS) is 14.9. The highest BCUT2D eigenvalue weighted by atomic mass is 32.2. The zero-order valence-electron chi connectivity index (χ0n) is 26.0. The number of amides is 3. The third-order valence-electron chi connectivity index (χ3n) is 6.77. The lowest BCUT2D eigenvalue weighted by Crippen LogP contribution is -2.59. The summed E-state index contributed by atoms with van der Waals surface area (Å²) >= 11 is 0. The molecule has 5 atom stereocenters. The van der Waals surface area contributed by atoms with Crippen molar-refractivity contribution in [3.63, 3.8) is 0 Å². The molecule has 2 aromatic rings. The molecular weight excluding hydrogens is 598 g/mol. The summed E-state index contributed by atoms with van der Waals surface area (Å²) in [6.07, 6.45) is 1.53. The van der Waals surface area contributed by atoms with E-state index in [0.717, 1.165) is 28.4 Å². The number of benzene rings is 2. The fourth-order valence-electron chi connectivity index (χ4n) is 4.46. The second-order valence-electron chi connectivity index (χ2n) is 11.3. The van der Waals surface area contributed by atoms with Gasteiger partial charge in [0.1, 0.15) is 18.1 Å². The lowest BCUT2D eigenvalue weighted by atomic mass is 10.0. The number of hydrogen-bond donors (Lipinski definition) is 5. The summed E-state index contributed by atoms with van der Waals surface area (Å²) in [6.45, 7) is 5.37. The molecule has 0 aliphatic rings. The van der Waals surface area contributed by atoms with Crippen molar-refractivity contribution in [2.24, 2.45) is 16.8 Å². The van der Waals surface area contributed by atoms with Gasteiger partial charge in [0, 0.05) is 23.1 Å². The monoisotopic (exact) mass is 641 g/mol. The maximum Gasteiger partial charge on any atom is 0.245 e. The molecule has 2 rings (SSSR count). The smallest absolute Gasteiger partial charge is 0.245 e. The van der Waals surface area contributed by atoms with Crippen LogP contribution in [0.2, 0.25) is 0 Å². The van der Waals surface area contributed by atoms with Crippen LogP contribution in [0.25, 0.3) is 10.4 Å². The molecule has 0 aliphatic carbocycles. The van der Waals surface area contributed by atoms with E-state index in [2.05, 4.69) is 26.0 Å². The zero-order valence-corrected chi connectivity index (χ0v) is 26.8. The van der Waals surface area contributed by atoms with E-state index >= 15 is 0 Å². The van der Waals surface area contributed by atoms with Crippen molar-refractivity contribution in [3.8, 4) is 0 Å². The molecule has 0 saturated heterocycles. The number of carbonyl (C=O) groups is 3. The van der Waals surface area contributed by atoms with E-state index in [1.54, 1.807) is 24.3 Å². The van der Waals surface area contributed by atoms with Crippen LogP contribution in [0, 0.1) is 5.92 Å². The van der Waals surface area contributed by atoms with Crippen LogP contribution in [0.15, 0.2) is 71.2 Å². The minimum Gasteiger partial charge on any atom is -0.391 e. The maximum atomic E-state index is 13.4. The molecular formula is C31H43N7O6S. The van der Waals surface area contributed by atoms with Crippen LogP contribution in [0.5, 0.6) is 0 Å². The van der Waals surface area contributed by atoms with Crippen molar-refractivity contribution in [3.05, 3.63) is 93.2 Å². The fourth-order valence-corrected chi connectivity index (χ4v) is 4.93. The molecule has 0 saturated carbocycles. The van der Waals surface area contributed by atoms with E-state index in [4.69, 9.17) is 11.3 Å². The SMILES string of the molecule is CC(C)C[C@H](NC(=O)[C@@H](Cc1ccccc1)N=[N+]=[N-])C(=O)N[C@H](C(=O)N[C@H](C=CS(C)(=O)=O)Cc1ccc(CN)cc1)[C@@H](C)O. The van der Waals surface area contributed by atoms with E-state index in [0.29, 0.717) is 6.54 Å². The molecule has 0 bridgehead atoms. The summed E-state index contributed by atoms with van der Waals surface area (Å²) in [6, 6.07) is 11.7. The maximum absolute atomic E-state index is 13.4. The average molecular weight is 642 g/mol. The summed E-state index contributed by atoms with van der Waals surface area (Å²) in [5.74, 6) is -2.20. The zero-order chi connectivity index (χ0) is 33.6. The molecule has 0 unspecified atom stereocenters. The summed E-state index contributed by atoms with van der Waals surface area (Å²) < 4.78 is 23.6. The summed E-state index contributed by atoms with van der Waals surface area (Å²) in [4.78, 5) is 42.8. The van der Waals surface area contributed by atoms with E-state index < -0.39 is 57.8 Å². The Labute approximate surface area is 264 Å². The Hall–Kier alpha value is -4.23. The molecule has 244 valence electrons. The van der Waals surface area contributed by atoms with Crippen LogP contribution < -0.4 is 21.7 Å². The van der Waals surface area contributed by atoms with Crippen LogP contribution in [0.1, 0.15) is 43.9 Å². The van der Waals surface area contributed by atoms with Crippen LogP contribution in [0.3, 0.4) is 0 Å². The van der Waals surface area contributed by atoms with Crippen LogP contribution in [0.4, 0.5) is 0 Å². The van der Waals surface area contributed by atoms with Crippen LogP contribution >= 0.6 is 0 Å². The Kier molecular flexibility index (Phi) is 14.7. The fraction of sp³-hybridized carbons (Fsp3) is 0.452. The molecule has 0 fully saturated rings. The van der Waals surface area contributed by atoms with Crippen molar-refractivity contribution in [2.75, 3.05) is 6.26 Å². The molecule has 14 heteroatoms. The lowest BCUT2D eigenvalue weighted by molar-refractivity contribution is -0.134. The first-order valence-electron chi connectivity index (χ1n) is 14.6. The highest BCUT2D eigenvalue weighted by molar-refractivity contribution is 7.93. The van der Waals surface area contributed by atoms with Gasteiger partial charge in [-0.3, -0.25) is 14.4 Å². The molecule has 0 aromatic heterocycles. The van der Waals surface area contributed by atoms with Gasteiger partial charge in [-0.1, -0.05) is 79.6 Å². The standard InChI is InChI=1S/C31H43N7O6S/c1-20(2)16-26(35-30(41)27(37-38-33)18-22-8-6-5-7-9-22)29(40)36-28(21(3)39)31(42)34-25(14-15-45(4,43)44)17-23-10-12-24(19-32)13-11-23/h5-15,20-21,25-28,39H,16-19,32H2,1-4H3,(H,34,42)(H,35,41)(H,36,40)/t21-,25-,26+,27-,28+/m1/s1. The summed E-state index contributed by atoms with van der Waals surface area (Å²) in [7, 11) is -3.52. The number of hydrogen-bond acceptors (Lipinski definition) is 8. The molecule has 0 spiro atoms. The number of aliphatic hydroxyl groups is 1. The van der Waals surface area contributed by atoms with Gasteiger partial charge in [0.25, 0.3) is 0 Å². The highest BCUT2D eigenvalue weighted by Gasteiger charge is 2.32. The van der Waals surface area contributed by atoms with E-state index in [1.165, 1.54) is 13.0 Å². The first kappa shape index (κ1) is 37.0. The van der Waals surface area contributed by atoms with Crippen molar-refractivity contribution in [1.82, 2.24) is 16.0 Å². The minimum absolute atomic E-state index is 0.0527. The van der Waals surface area contributed by atoms with Gasteiger partial charge in [-0.2, -0.15) is 0 Å². The Morgan fingerprint density at radius 1 is 0.911 bits per heavy atom. The predicted molar refractivity (Wildman–Crippen MR) is 172 cm³/mol. The number of rotatable bonds is 17. The minimum atomic E-state index is -3.52. The Bertz CT molecular complexity index is 1460. The van der Waals surface area contributed by atoms with Crippen molar-refractivity contribution in [2.45, 2.75) is 76.8 Å². The van der Waals surface area contributed by atoms with Crippen LogP contribution in [-0.4, -0.2) is 67.8 Å². The van der Waals surface area contributed by atoms with Crippen molar-refractivity contribution < 1.29 is 27.9 Å². The molecule has 45 heavy (non-hydrogen) atoms. The van der Waals surface area contributed by atoms with Gasteiger partial charge < -0.3 is 26.8 Å². The van der Waals surface area contributed by atoms with Gasteiger partial charge in [-0.05, 0) is 54.3 Å². The number of azide groups is 1. The third kappa shape index (κ3) is 13.5. The highest BCUT2D eigenvalue weighted by Crippen LogP contribution is 2.12. The van der Waals surface area contributed by atoms with E-state index in [1.807, 2.05) is 44.2 Å². The topological polar surface area (TPSA) is 216 Å². The molecule has 3 amide bonds. The Balaban J connectivity index is 2.24. The Morgan fingerprint density at radius 3 is 2.04 bits per heavy atom. The van der Waals surface area contributed by atoms with Gasteiger partial charge in [0.05, 0.1) is 12.1 Å². The molecule has 2 aromatic carbocycles. The number of aliphatic hydroxyl groups excluding tert-OH is 1. The van der Waals surface area contributed by atoms with Crippen LogP contribution in [-0.2, 0) is 43.6 Å². The lowest BCUT2D eigenvalue weighted by Gasteiger charge is -2.27. The summed E-state index contributed by atoms with van der Waals surface area (Å²) in [5, 5.41) is 22.9. The number of nitrogens with zero attached hydrogens (tertiary/aromatic N) is 3. The van der Waals surface area contributed by atoms with Gasteiger partial charge in [0.2, 0.25) is 17.7 Å². The molecule has 6 N–H and O–H groups in total. The largest absolute Gasteiger partial charge is 0.391 e. The van der Waals surface area contributed by atoms with Gasteiger partial charge in [-0.25, -0.2) is 8.42 Å². The molecule has 13 nitrogen and oxygen atoms in total. The molecule has 0 radical (unpaired) electrons. The number of sulfone groups is 1. The second-order valence-corrected chi connectivity index (χ2v) is 13.3. The molecule has 0 heterocycles. The van der Waals surface area contributed by atoms with E-state index in [9.17, 15) is 27.9 Å². The number of nitrogens with one attached hydrogen (secondary N) is 3. The summed E-state index contributed by atoms with van der Waals surface area (Å²) in [5.41, 5.74) is 17.2. The predicted octanol–water partition coefficient (Wildman–Crippen LogP) is 2.05. The van der Waals surface area contributed by atoms with Crippen molar-refractivity contribution >= 4 is 27.6 Å². The first-order chi connectivity index (χ1) is 21.2. The van der Waals surface area contributed by atoms with Gasteiger partial charge in [-0.15, -0.1) is 0 Å².